The van der Waals surface area contributed by atoms with E-state index in [4.69, 9.17) is 11.0 Å². The van der Waals surface area contributed by atoms with Crippen molar-refractivity contribution in [2.24, 2.45) is 0 Å². The van der Waals surface area contributed by atoms with Crippen LogP contribution in [0, 0.1) is 11.3 Å². The topological polar surface area (TPSA) is 96.0 Å². The van der Waals surface area contributed by atoms with E-state index in [1.54, 1.807) is 0 Å². The van der Waals surface area contributed by atoms with E-state index >= 15 is 0 Å². The molecule has 0 bridgehead atoms. The van der Waals surface area contributed by atoms with Gasteiger partial charge in [-0.2, -0.15) is 17.0 Å². The first-order valence-electron chi connectivity index (χ1n) is 4.79. The number of nitrogens with zero attached hydrogens (tertiary/aromatic N) is 1. The van der Waals surface area contributed by atoms with Crippen LogP contribution >= 0.6 is 11.8 Å². The molecule has 1 aromatic carbocycles. The predicted octanol–water partition coefficient (Wildman–Crippen LogP) is 0.782. The Bertz CT molecular complexity index is 535. The highest BCUT2D eigenvalue weighted by molar-refractivity contribution is 7.98. The smallest absolute Gasteiger partial charge is 0.241 e. The molecule has 0 atom stereocenters. The summed E-state index contributed by atoms with van der Waals surface area (Å²) in [5.41, 5.74) is 5.92. The van der Waals surface area contributed by atoms with Gasteiger partial charge in [-0.3, -0.25) is 0 Å². The second-order valence-corrected chi connectivity index (χ2v) is 5.98. The molecule has 7 heteroatoms. The first kappa shape index (κ1) is 13.8. The minimum Gasteiger partial charge on any atom is -0.399 e. The number of nitrogen functional groups attached to an aromatic ring is 1. The van der Waals surface area contributed by atoms with Gasteiger partial charge in [0.05, 0.1) is 10.5 Å². The van der Waals surface area contributed by atoms with E-state index in [9.17, 15) is 8.42 Å². The van der Waals surface area contributed by atoms with Crippen molar-refractivity contribution in [1.82, 2.24) is 4.72 Å². The van der Waals surface area contributed by atoms with E-state index < -0.39 is 10.0 Å². The molecule has 0 amide bonds. The van der Waals surface area contributed by atoms with Crippen molar-refractivity contribution in [3.8, 4) is 6.07 Å². The molecule has 0 unspecified atom stereocenters. The Labute approximate surface area is 105 Å². The SMILES string of the molecule is CSCCNS(=O)(=O)c1ccc(N)cc1C#N. The predicted molar refractivity (Wildman–Crippen MR) is 69.1 cm³/mol. The summed E-state index contributed by atoms with van der Waals surface area (Å²) in [5.74, 6) is 0.677. The lowest BCUT2D eigenvalue weighted by Gasteiger charge is -2.07. The number of hydrogen-bond donors (Lipinski definition) is 2. The monoisotopic (exact) mass is 271 g/mol. The number of nitrogens with one attached hydrogen (secondary N) is 1. The highest BCUT2D eigenvalue weighted by Crippen LogP contribution is 2.17. The van der Waals surface area contributed by atoms with E-state index in [2.05, 4.69) is 4.72 Å². The van der Waals surface area contributed by atoms with Gasteiger partial charge in [-0.1, -0.05) is 0 Å². The lowest BCUT2D eigenvalue weighted by atomic mass is 10.2. The zero-order chi connectivity index (χ0) is 12.9. The highest BCUT2D eigenvalue weighted by atomic mass is 32.2. The van der Waals surface area contributed by atoms with Gasteiger partial charge in [-0.25, -0.2) is 13.1 Å². The maximum absolute atomic E-state index is 11.9. The lowest BCUT2D eigenvalue weighted by Crippen LogP contribution is -2.26. The maximum Gasteiger partial charge on any atom is 0.241 e. The molecule has 1 aromatic rings. The molecular formula is C10H13N3O2S2. The molecule has 0 spiro atoms. The average Bonchev–Trinajstić information content (AvgIpc) is 2.28. The summed E-state index contributed by atoms with van der Waals surface area (Å²) in [6.45, 7) is 0.332. The molecule has 0 aromatic heterocycles. The Morgan fingerprint density at radius 1 is 1.53 bits per heavy atom. The van der Waals surface area contributed by atoms with Crippen molar-refractivity contribution < 1.29 is 8.42 Å². The summed E-state index contributed by atoms with van der Waals surface area (Å²) >= 11 is 1.54. The van der Waals surface area contributed by atoms with Crippen molar-refractivity contribution in [1.29, 1.82) is 5.26 Å². The van der Waals surface area contributed by atoms with Crippen molar-refractivity contribution in [3.05, 3.63) is 23.8 Å². The van der Waals surface area contributed by atoms with Crippen LogP contribution in [0.25, 0.3) is 0 Å². The van der Waals surface area contributed by atoms with Gasteiger partial charge in [0, 0.05) is 18.0 Å². The quantitative estimate of drug-likeness (QED) is 0.609. The molecule has 92 valence electrons. The molecule has 0 aliphatic carbocycles. The van der Waals surface area contributed by atoms with Crippen LogP contribution in [0.3, 0.4) is 0 Å². The third kappa shape index (κ3) is 3.63. The standard InChI is InChI=1S/C10H13N3O2S2/c1-16-5-4-13-17(14,15)10-3-2-9(12)6-8(10)7-11/h2-3,6,13H,4-5,12H2,1H3. The van der Waals surface area contributed by atoms with Crippen LogP contribution in [0.5, 0.6) is 0 Å². The van der Waals surface area contributed by atoms with E-state index in [0.29, 0.717) is 18.0 Å². The molecule has 1 rings (SSSR count). The molecule has 0 radical (unpaired) electrons. The van der Waals surface area contributed by atoms with Gasteiger partial charge in [-0.15, -0.1) is 0 Å². The fraction of sp³-hybridized carbons (Fsp3) is 0.300. The van der Waals surface area contributed by atoms with Crippen LogP contribution in [0.2, 0.25) is 0 Å². The highest BCUT2D eigenvalue weighted by Gasteiger charge is 2.17. The normalized spacial score (nSPS) is 11.1. The fourth-order valence-electron chi connectivity index (χ4n) is 1.23. The third-order valence-electron chi connectivity index (χ3n) is 2.01. The molecule has 0 saturated carbocycles. The maximum atomic E-state index is 11.9. The molecule has 3 N–H and O–H groups in total. The average molecular weight is 271 g/mol. The van der Waals surface area contributed by atoms with Gasteiger partial charge in [0.15, 0.2) is 0 Å². The number of hydrogen-bond acceptors (Lipinski definition) is 5. The van der Waals surface area contributed by atoms with Gasteiger partial charge in [0.25, 0.3) is 0 Å². The second kappa shape index (κ2) is 5.91. The van der Waals surface area contributed by atoms with Crippen LogP contribution in [0.1, 0.15) is 5.56 Å². The molecule has 0 aliphatic rings. The molecule has 0 saturated heterocycles. The number of nitrogens with two attached hydrogens (primary N) is 1. The second-order valence-electron chi connectivity index (χ2n) is 3.26. The van der Waals surface area contributed by atoms with Gasteiger partial charge in [0.2, 0.25) is 10.0 Å². The molecule has 0 heterocycles. The number of thioether (sulfide) groups is 1. The van der Waals surface area contributed by atoms with Crippen LogP contribution in [0.4, 0.5) is 5.69 Å². The molecule has 0 fully saturated rings. The van der Waals surface area contributed by atoms with Crippen LogP contribution in [0.15, 0.2) is 23.1 Å². The van der Waals surface area contributed by atoms with E-state index in [-0.39, 0.29) is 10.5 Å². The van der Waals surface area contributed by atoms with E-state index in [0.717, 1.165) is 0 Å². The third-order valence-corrected chi connectivity index (χ3v) is 4.14. The number of nitriles is 1. The largest absolute Gasteiger partial charge is 0.399 e. The van der Waals surface area contributed by atoms with Gasteiger partial charge in [0.1, 0.15) is 6.07 Å². The van der Waals surface area contributed by atoms with Crippen molar-refractivity contribution >= 4 is 27.5 Å². The number of rotatable bonds is 5. The number of sulfonamides is 1. The van der Waals surface area contributed by atoms with Crippen molar-refractivity contribution in [2.45, 2.75) is 4.90 Å². The number of benzene rings is 1. The fourth-order valence-corrected chi connectivity index (χ4v) is 2.83. The zero-order valence-electron chi connectivity index (χ0n) is 9.30. The van der Waals surface area contributed by atoms with Crippen LogP contribution < -0.4 is 10.5 Å². The first-order chi connectivity index (χ1) is 8.01. The van der Waals surface area contributed by atoms with E-state index in [1.807, 2.05) is 12.3 Å². The summed E-state index contributed by atoms with van der Waals surface area (Å²) in [5, 5.41) is 8.88. The Morgan fingerprint density at radius 2 is 2.24 bits per heavy atom. The zero-order valence-corrected chi connectivity index (χ0v) is 10.9. The van der Waals surface area contributed by atoms with Crippen molar-refractivity contribution in [3.63, 3.8) is 0 Å². The summed E-state index contributed by atoms with van der Waals surface area (Å²) < 4.78 is 26.2. The van der Waals surface area contributed by atoms with Gasteiger partial charge in [-0.05, 0) is 24.5 Å². The summed E-state index contributed by atoms with van der Waals surface area (Å²) in [4.78, 5) is -0.0321. The van der Waals surface area contributed by atoms with E-state index in [1.165, 1.54) is 30.0 Å². The summed E-state index contributed by atoms with van der Waals surface area (Å²) in [7, 11) is -3.63. The first-order valence-corrected chi connectivity index (χ1v) is 7.67. The minimum atomic E-state index is -3.63. The summed E-state index contributed by atoms with van der Waals surface area (Å²) in [6, 6.07) is 5.98. The van der Waals surface area contributed by atoms with Gasteiger partial charge >= 0.3 is 0 Å². The van der Waals surface area contributed by atoms with Crippen molar-refractivity contribution in [2.75, 3.05) is 24.3 Å². The molecule has 17 heavy (non-hydrogen) atoms. The lowest BCUT2D eigenvalue weighted by molar-refractivity contribution is 0.584. The Balaban J connectivity index is 3.03. The summed E-state index contributed by atoms with van der Waals surface area (Å²) in [6.07, 6.45) is 1.89. The Hall–Kier alpha value is -1.23. The molecular weight excluding hydrogens is 258 g/mol. The van der Waals surface area contributed by atoms with Gasteiger partial charge < -0.3 is 5.73 Å². The Kier molecular flexibility index (Phi) is 4.81. The Morgan fingerprint density at radius 3 is 2.82 bits per heavy atom. The molecule has 0 aliphatic heterocycles. The minimum absolute atomic E-state index is 0.0321. The number of anilines is 1. The van der Waals surface area contributed by atoms with Crippen LogP contribution in [-0.4, -0.2) is 27.0 Å². The van der Waals surface area contributed by atoms with Crippen LogP contribution in [-0.2, 0) is 10.0 Å². The molecule has 5 nitrogen and oxygen atoms in total.